The minimum atomic E-state index is -2.90. The van der Waals surface area contributed by atoms with Crippen LogP contribution in [0.4, 0.5) is 0 Å². The molecule has 0 amide bonds. The first-order valence-corrected chi connectivity index (χ1v) is 9.41. The van der Waals surface area contributed by atoms with E-state index in [9.17, 15) is 8.42 Å². The molecule has 1 aliphatic carbocycles. The van der Waals surface area contributed by atoms with Crippen molar-refractivity contribution in [3.63, 3.8) is 0 Å². The van der Waals surface area contributed by atoms with Crippen LogP contribution < -0.4 is 5.73 Å². The molecule has 0 radical (unpaired) electrons. The van der Waals surface area contributed by atoms with Gasteiger partial charge in [0.25, 0.3) is 0 Å². The molecule has 4 unspecified atom stereocenters. The van der Waals surface area contributed by atoms with Gasteiger partial charge >= 0.3 is 0 Å². The molecule has 0 aromatic rings. The van der Waals surface area contributed by atoms with Crippen LogP contribution in [0.5, 0.6) is 0 Å². The second-order valence-electron chi connectivity index (χ2n) is 7.54. The summed E-state index contributed by atoms with van der Waals surface area (Å²) in [5, 5.41) is -0.165. The van der Waals surface area contributed by atoms with E-state index in [0.717, 1.165) is 32.1 Å². The van der Waals surface area contributed by atoms with Gasteiger partial charge in [0, 0.05) is 12.3 Å². The highest BCUT2D eigenvalue weighted by molar-refractivity contribution is 7.91. The van der Waals surface area contributed by atoms with Crippen molar-refractivity contribution < 1.29 is 8.42 Å². The molecule has 19 heavy (non-hydrogen) atoms. The largest absolute Gasteiger partial charge is 0.327 e. The summed E-state index contributed by atoms with van der Waals surface area (Å²) in [6.07, 6.45) is 6.02. The highest BCUT2D eigenvalue weighted by Gasteiger charge is 2.33. The molecule has 1 fully saturated rings. The number of nitrogens with two attached hydrogens (primary N) is 1. The average Bonchev–Trinajstić information content (AvgIpc) is 2.26. The fourth-order valence-corrected chi connectivity index (χ4v) is 4.10. The van der Waals surface area contributed by atoms with E-state index in [4.69, 9.17) is 5.73 Å². The van der Waals surface area contributed by atoms with E-state index < -0.39 is 9.84 Å². The summed E-state index contributed by atoms with van der Waals surface area (Å²) in [4.78, 5) is 0. The van der Waals surface area contributed by atoms with Gasteiger partial charge in [0.1, 0.15) is 9.84 Å². The first-order valence-electron chi connectivity index (χ1n) is 7.46. The van der Waals surface area contributed by atoms with E-state index in [-0.39, 0.29) is 16.7 Å². The molecule has 4 heteroatoms. The Hall–Kier alpha value is -0.0900. The molecule has 0 bridgehead atoms. The normalized spacial score (nSPS) is 28.9. The smallest absolute Gasteiger partial charge is 0.150 e. The SMILES string of the molecule is CC(CC(N)C1CCCC(S(C)(=O)=O)C1)C(C)(C)C. The van der Waals surface area contributed by atoms with Gasteiger partial charge in [0.15, 0.2) is 0 Å². The number of sulfone groups is 1. The zero-order valence-corrected chi connectivity index (χ0v) is 14.0. The van der Waals surface area contributed by atoms with E-state index in [2.05, 4.69) is 27.7 Å². The van der Waals surface area contributed by atoms with Gasteiger partial charge in [0.2, 0.25) is 0 Å². The third-order valence-corrected chi connectivity index (χ3v) is 6.62. The van der Waals surface area contributed by atoms with Crippen LogP contribution >= 0.6 is 0 Å². The quantitative estimate of drug-likeness (QED) is 0.865. The Balaban J connectivity index is 2.60. The minimum Gasteiger partial charge on any atom is -0.327 e. The van der Waals surface area contributed by atoms with Crippen molar-refractivity contribution in [2.24, 2.45) is 23.0 Å². The van der Waals surface area contributed by atoms with Crippen molar-refractivity contribution in [3.05, 3.63) is 0 Å². The van der Waals surface area contributed by atoms with E-state index in [0.29, 0.717) is 11.8 Å². The van der Waals surface area contributed by atoms with Crippen molar-refractivity contribution in [2.45, 2.75) is 71.1 Å². The monoisotopic (exact) mass is 289 g/mol. The second kappa shape index (κ2) is 6.13. The molecule has 114 valence electrons. The fraction of sp³-hybridized carbons (Fsp3) is 1.00. The summed E-state index contributed by atoms with van der Waals surface area (Å²) in [5.74, 6) is 0.930. The van der Waals surface area contributed by atoms with Gasteiger partial charge in [-0.05, 0) is 42.9 Å². The van der Waals surface area contributed by atoms with Gasteiger partial charge in [-0.3, -0.25) is 0 Å². The van der Waals surface area contributed by atoms with Crippen LogP contribution in [0.25, 0.3) is 0 Å². The molecule has 1 saturated carbocycles. The van der Waals surface area contributed by atoms with Crippen LogP contribution in [0.3, 0.4) is 0 Å². The molecule has 1 aliphatic rings. The average molecular weight is 289 g/mol. The van der Waals surface area contributed by atoms with Crippen molar-refractivity contribution in [1.29, 1.82) is 0 Å². The number of rotatable bonds is 4. The van der Waals surface area contributed by atoms with Crippen LogP contribution in [0.15, 0.2) is 0 Å². The molecular weight excluding hydrogens is 258 g/mol. The maximum atomic E-state index is 11.7. The van der Waals surface area contributed by atoms with Gasteiger partial charge < -0.3 is 5.73 Å². The maximum absolute atomic E-state index is 11.7. The second-order valence-corrected chi connectivity index (χ2v) is 9.87. The maximum Gasteiger partial charge on any atom is 0.150 e. The first kappa shape index (κ1) is 17.0. The van der Waals surface area contributed by atoms with E-state index >= 15 is 0 Å². The third-order valence-electron chi connectivity index (χ3n) is 4.98. The van der Waals surface area contributed by atoms with Gasteiger partial charge in [-0.1, -0.05) is 34.1 Å². The Morgan fingerprint density at radius 3 is 2.32 bits per heavy atom. The summed E-state index contributed by atoms with van der Waals surface area (Å²) in [5.41, 5.74) is 6.62. The van der Waals surface area contributed by atoms with Crippen molar-refractivity contribution in [3.8, 4) is 0 Å². The minimum absolute atomic E-state index is 0.138. The third kappa shape index (κ3) is 5.07. The fourth-order valence-electron chi connectivity index (χ4n) is 2.91. The Morgan fingerprint density at radius 2 is 1.84 bits per heavy atom. The van der Waals surface area contributed by atoms with Crippen molar-refractivity contribution in [1.82, 2.24) is 0 Å². The standard InChI is InChI=1S/C15H31NO2S/c1-11(15(2,3)4)9-14(16)12-7-6-8-13(10-12)19(5,17)18/h11-14H,6-10,16H2,1-5H3. The lowest BCUT2D eigenvalue weighted by Crippen LogP contribution is -2.39. The number of hydrogen-bond donors (Lipinski definition) is 1. The zero-order chi connectivity index (χ0) is 14.8. The first-order chi connectivity index (χ1) is 8.51. The summed E-state index contributed by atoms with van der Waals surface area (Å²) in [6, 6.07) is 0.138. The highest BCUT2D eigenvalue weighted by Crippen LogP contribution is 2.35. The summed E-state index contributed by atoms with van der Waals surface area (Å²) in [6.45, 7) is 8.97. The van der Waals surface area contributed by atoms with Gasteiger partial charge in [-0.2, -0.15) is 0 Å². The summed E-state index contributed by atoms with van der Waals surface area (Å²) in [7, 11) is -2.90. The Bertz CT molecular complexity index is 383. The van der Waals surface area contributed by atoms with E-state index in [1.54, 1.807) is 0 Å². The molecule has 0 aliphatic heterocycles. The van der Waals surface area contributed by atoms with Crippen molar-refractivity contribution >= 4 is 9.84 Å². The van der Waals surface area contributed by atoms with Crippen LogP contribution in [0.1, 0.15) is 59.8 Å². The Kier molecular flexibility index (Phi) is 5.47. The van der Waals surface area contributed by atoms with Crippen LogP contribution in [0, 0.1) is 17.3 Å². The molecular formula is C15H31NO2S. The van der Waals surface area contributed by atoms with Gasteiger partial charge in [-0.25, -0.2) is 8.42 Å². The predicted octanol–water partition coefficient (Wildman–Crippen LogP) is 2.99. The van der Waals surface area contributed by atoms with E-state index in [1.807, 2.05) is 0 Å². The molecule has 3 nitrogen and oxygen atoms in total. The number of hydrogen-bond acceptors (Lipinski definition) is 3. The molecule has 2 N–H and O–H groups in total. The Morgan fingerprint density at radius 1 is 1.26 bits per heavy atom. The topological polar surface area (TPSA) is 60.2 Å². The Labute approximate surface area is 119 Å². The highest BCUT2D eigenvalue weighted by atomic mass is 32.2. The molecule has 0 aromatic carbocycles. The molecule has 1 rings (SSSR count). The van der Waals surface area contributed by atoms with Crippen LogP contribution in [-0.4, -0.2) is 26.0 Å². The zero-order valence-electron chi connectivity index (χ0n) is 13.1. The van der Waals surface area contributed by atoms with Crippen molar-refractivity contribution in [2.75, 3.05) is 6.26 Å². The lowest BCUT2D eigenvalue weighted by Gasteiger charge is -2.36. The van der Waals surface area contributed by atoms with Gasteiger partial charge in [-0.15, -0.1) is 0 Å². The van der Waals surface area contributed by atoms with Crippen LogP contribution in [0.2, 0.25) is 0 Å². The van der Waals surface area contributed by atoms with Crippen LogP contribution in [-0.2, 0) is 9.84 Å². The molecule has 0 aromatic heterocycles. The van der Waals surface area contributed by atoms with Gasteiger partial charge in [0.05, 0.1) is 5.25 Å². The molecule has 4 atom stereocenters. The summed E-state index contributed by atoms with van der Waals surface area (Å²) >= 11 is 0. The predicted molar refractivity (Wildman–Crippen MR) is 81.8 cm³/mol. The summed E-state index contributed by atoms with van der Waals surface area (Å²) < 4.78 is 23.4. The lowest BCUT2D eigenvalue weighted by atomic mass is 9.74. The van der Waals surface area contributed by atoms with E-state index in [1.165, 1.54) is 6.26 Å². The molecule has 0 saturated heterocycles. The lowest BCUT2D eigenvalue weighted by molar-refractivity contribution is 0.197. The molecule has 0 spiro atoms. The molecule has 0 heterocycles.